The van der Waals surface area contributed by atoms with Crippen molar-refractivity contribution in [3.05, 3.63) is 125 Å². The van der Waals surface area contributed by atoms with Gasteiger partial charge in [-0.25, -0.2) is 8.42 Å². The van der Waals surface area contributed by atoms with Crippen LogP contribution in [0.3, 0.4) is 0 Å². The number of aliphatic imine (C=N–C) groups is 1. The van der Waals surface area contributed by atoms with Gasteiger partial charge in [0.25, 0.3) is 0 Å². The van der Waals surface area contributed by atoms with Crippen molar-refractivity contribution in [1.29, 1.82) is 0 Å². The van der Waals surface area contributed by atoms with Gasteiger partial charge in [-0.2, -0.15) is 4.31 Å². The first-order valence-electron chi connectivity index (χ1n) is 11.6. The zero-order chi connectivity index (χ0) is 24.1. The van der Waals surface area contributed by atoms with Gasteiger partial charge in [-0.15, -0.1) is 0 Å². The molecular formula is C29H26N2O3S. The monoisotopic (exact) mass is 482 g/mol. The van der Waals surface area contributed by atoms with Crippen molar-refractivity contribution in [2.24, 2.45) is 4.99 Å². The van der Waals surface area contributed by atoms with Crippen LogP contribution in [-0.4, -0.2) is 25.5 Å². The van der Waals surface area contributed by atoms with Crippen LogP contribution in [0.15, 0.2) is 113 Å². The fourth-order valence-electron chi connectivity index (χ4n) is 4.07. The van der Waals surface area contributed by atoms with E-state index < -0.39 is 10.0 Å². The van der Waals surface area contributed by atoms with E-state index in [2.05, 4.69) is 11.1 Å². The topological polar surface area (TPSA) is 59.0 Å². The van der Waals surface area contributed by atoms with Crippen molar-refractivity contribution < 1.29 is 13.2 Å². The minimum absolute atomic E-state index is 0.288. The van der Waals surface area contributed by atoms with Crippen molar-refractivity contribution in [3.63, 3.8) is 0 Å². The first-order valence-corrected chi connectivity index (χ1v) is 13.0. The third kappa shape index (κ3) is 5.50. The molecule has 0 spiro atoms. The summed E-state index contributed by atoms with van der Waals surface area (Å²) in [5.74, 6) is 0.792. The fraction of sp³-hybridized carbons (Fsp3) is 0.138. The Kier molecular flexibility index (Phi) is 6.75. The number of benzene rings is 4. The van der Waals surface area contributed by atoms with Crippen molar-refractivity contribution in [1.82, 2.24) is 4.31 Å². The smallest absolute Gasteiger partial charge is 0.243 e. The number of hydrogen-bond acceptors (Lipinski definition) is 4. The summed E-state index contributed by atoms with van der Waals surface area (Å²) >= 11 is 0. The second kappa shape index (κ2) is 10.3. The summed E-state index contributed by atoms with van der Waals surface area (Å²) in [5, 5.41) is 0. The van der Waals surface area contributed by atoms with E-state index in [1.54, 1.807) is 34.8 Å². The van der Waals surface area contributed by atoms with E-state index in [1.165, 1.54) is 5.56 Å². The number of nitrogens with zero attached hydrogens (tertiary/aromatic N) is 2. The second-order valence-electron chi connectivity index (χ2n) is 8.45. The van der Waals surface area contributed by atoms with Gasteiger partial charge < -0.3 is 4.74 Å². The van der Waals surface area contributed by atoms with Crippen molar-refractivity contribution >= 4 is 21.9 Å². The van der Waals surface area contributed by atoms with Gasteiger partial charge in [0.05, 0.1) is 10.6 Å². The third-order valence-electron chi connectivity index (χ3n) is 6.06. The fourth-order valence-corrected chi connectivity index (χ4v) is 5.49. The molecule has 0 aromatic heterocycles. The molecule has 0 saturated carbocycles. The van der Waals surface area contributed by atoms with E-state index in [0.717, 1.165) is 28.9 Å². The normalized spacial score (nSPS) is 14.1. The lowest BCUT2D eigenvalue weighted by Crippen LogP contribution is -2.35. The molecule has 0 radical (unpaired) electrons. The highest BCUT2D eigenvalue weighted by molar-refractivity contribution is 7.89. The van der Waals surface area contributed by atoms with Crippen LogP contribution in [0.2, 0.25) is 0 Å². The zero-order valence-electron chi connectivity index (χ0n) is 19.2. The van der Waals surface area contributed by atoms with Crippen molar-refractivity contribution in [2.75, 3.05) is 6.54 Å². The molecule has 1 aliphatic rings. The van der Waals surface area contributed by atoms with Crippen LogP contribution in [0.1, 0.15) is 22.3 Å². The second-order valence-corrected chi connectivity index (χ2v) is 10.4. The summed E-state index contributed by atoms with van der Waals surface area (Å²) in [4.78, 5) is 4.78. The quantitative estimate of drug-likeness (QED) is 0.315. The molecule has 6 heteroatoms. The predicted molar refractivity (Wildman–Crippen MR) is 139 cm³/mol. The number of rotatable bonds is 7. The largest absolute Gasteiger partial charge is 0.489 e. The maximum atomic E-state index is 13.1. The molecule has 0 fully saturated rings. The van der Waals surface area contributed by atoms with Crippen LogP contribution >= 0.6 is 0 Å². The van der Waals surface area contributed by atoms with Gasteiger partial charge in [0.2, 0.25) is 10.0 Å². The molecule has 176 valence electrons. The number of fused-ring (bicyclic) bond motifs is 1. The Bertz CT molecular complexity index is 1420. The lowest BCUT2D eigenvalue weighted by molar-refractivity contribution is 0.306. The van der Waals surface area contributed by atoms with Gasteiger partial charge in [0, 0.05) is 19.3 Å². The molecule has 0 aliphatic carbocycles. The van der Waals surface area contributed by atoms with Crippen LogP contribution in [0.5, 0.6) is 5.75 Å². The van der Waals surface area contributed by atoms with Gasteiger partial charge in [-0.3, -0.25) is 4.99 Å². The molecule has 4 aromatic rings. The van der Waals surface area contributed by atoms with E-state index in [0.29, 0.717) is 25.4 Å². The van der Waals surface area contributed by atoms with Gasteiger partial charge in [0.15, 0.2) is 0 Å². The maximum Gasteiger partial charge on any atom is 0.243 e. The summed E-state index contributed by atoms with van der Waals surface area (Å²) in [5.41, 5.74) is 5.03. The van der Waals surface area contributed by atoms with E-state index in [-0.39, 0.29) is 4.90 Å². The Hall–Kier alpha value is -3.74. The molecule has 1 aliphatic heterocycles. The summed E-state index contributed by atoms with van der Waals surface area (Å²) < 4.78 is 33.6. The molecule has 5 rings (SSSR count). The highest BCUT2D eigenvalue weighted by atomic mass is 32.2. The first kappa shape index (κ1) is 23.0. The highest BCUT2D eigenvalue weighted by Gasteiger charge is 2.28. The van der Waals surface area contributed by atoms with E-state index in [4.69, 9.17) is 4.74 Å². The lowest BCUT2D eigenvalue weighted by atomic mass is 10.0. The summed E-state index contributed by atoms with van der Waals surface area (Å²) in [6, 6.07) is 32.5. The number of hydrogen-bond donors (Lipinski definition) is 0. The van der Waals surface area contributed by atoms with Gasteiger partial charge in [-0.05, 0) is 77.2 Å². The summed E-state index contributed by atoms with van der Waals surface area (Å²) in [6.07, 6.45) is 2.49. The summed E-state index contributed by atoms with van der Waals surface area (Å²) in [6.45, 7) is 1.42. The van der Waals surface area contributed by atoms with Gasteiger partial charge >= 0.3 is 0 Å². The molecule has 35 heavy (non-hydrogen) atoms. The molecule has 4 aromatic carbocycles. The van der Waals surface area contributed by atoms with E-state index >= 15 is 0 Å². The zero-order valence-corrected chi connectivity index (χ0v) is 20.1. The Labute approximate surface area is 206 Å². The van der Waals surface area contributed by atoms with Crippen LogP contribution in [-0.2, 0) is 29.6 Å². The molecule has 0 unspecified atom stereocenters. The highest BCUT2D eigenvalue weighted by Crippen LogP contribution is 2.26. The third-order valence-corrected chi connectivity index (χ3v) is 7.92. The van der Waals surface area contributed by atoms with E-state index in [9.17, 15) is 8.42 Å². The maximum absolute atomic E-state index is 13.1. The molecular weight excluding hydrogens is 456 g/mol. The lowest BCUT2D eigenvalue weighted by Gasteiger charge is -2.28. The molecule has 0 amide bonds. The average Bonchev–Trinajstić information content (AvgIpc) is 2.92. The van der Waals surface area contributed by atoms with Crippen LogP contribution in [0.4, 0.5) is 5.69 Å². The molecule has 5 nitrogen and oxygen atoms in total. The Morgan fingerprint density at radius 1 is 0.800 bits per heavy atom. The van der Waals surface area contributed by atoms with Crippen LogP contribution in [0.25, 0.3) is 0 Å². The molecule has 0 N–H and O–H groups in total. The van der Waals surface area contributed by atoms with E-state index in [1.807, 2.05) is 72.8 Å². The minimum atomic E-state index is -3.55. The van der Waals surface area contributed by atoms with Crippen LogP contribution in [0, 0.1) is 0 Å². The minimum Gasteiger partial charge on any atom is -0.489 e. The molecule has 0 bridgehead atoms. The molecule has 0 saturated heterocycles. The Morgan fingerprint density at radius 2 is 1.49 bits per heavy atom. The standard InChI is InChI=1S/C29H26N2O3S/c32-35(33,31-19-18-25-8-4-5-9-26(25)21-31)29-16-12-27(13-17-29)30-20-23-10-14-28(15-11-23)34-22-24-6-2-1-3-7-24/h1-17,20H,18-19,21-22H2. The SMILES string of the molecule is O=S(=O)(c1ccc(N=Cc2ccc(OCc3ccccc3)cc2)cc1)N1CCc2ccccc2C1. The van der Waals surface area contributed by atoms with Gasteiger partial charge in [-0.1, -0.05) is 54.6 Å². The Balaban J connectivity index is 1.21. The first-order chi connectivity index (χ1) is 17.1. The molecule has 0 atom stereocenters. The van der Waals surface area contributed by atoms with Crippen molar-refractivity contribution in [2.45, 2.75) is 24.5 Å². The van der Waals surface area contributed by atoms with Crippen molar-refractivity contribution in [3.8, 4) is 5.75 Å². The number of ether oxygens (including phenoxy) is 1. The number of sulfonamides is 1. The average molecular weight is 483 g/mol. The predicted octanol–water partition coefficient (Wildman–Crippen LogP) is 5.76. The van der Waals surface area contributed by atoms with Gasteiger partial charge in [0.1, 0.15) is 12.4 Å². The Morgan fingerprint density at radius 3 is 2.23 bits per heavy atom. The summed E-state index contributed by atoms with van der Waals surface area (Å²) in [7, 11) is -3.55. The van der Waals surface area contributed by atoms with Crippen LogP contribution < -0.4 is 4.74 Å². The molecule has 1 heterocycles.